The molecule has 0 unspecified atom stereocenters. The molecule has 14 heavy (non-hydrogen) atoms. The minimum atomic E-state index is -1.43. The maximum atomic E-state index is 12.9. The number of nitrogens with one attached hydrogen (secondary N) is 1. The highest BCUT2D eigenvalue weighted by molar-refractivity contribution is 5.83. The van der Waals surface area contributed by atoms with Crippen molar-refractivity contribution in [1.29, 1.82) is 0 Å². The smallest absolute Gasteiger partial charge is 0.409 e. The summed E-state index contributed by atoms with van der Waals surface area (Å²) in [5, 5.41) is 20.2. The van der Waals surface area contributed by atoms with Crippen molar-refractivity contribution in [3.63, 3.8) is 0 Å². The number of benzene rings is 1. The maximum Gasteiger partial charge on any atom is 0.409 e. The van der Waals surface area contributed by atoms with Crippen LogP contribution < -0.4 is 5.32 Å². The molecular formula is C7H5FN2O4. The first kappa shape index (κ1) is 9.90. The quantitative estimate of drug-likeness (QED) is 0.562. The summed E-state index contributed by atoms with van der Waals surface area (Å²) in [7, 11) is 0. The molecule has 0 aliphatic carbocycles. The number of rotatable bonds is 2. The normalized spacial score (nSPS) is 9.50. The van der Waals surface area contributed by atoms with Gasteiger partial charge in [-0.05, 0) is 6.07 Å². The van der Waals surface area contributed by atoms with E-state index in [-0.39, 0.29) is 5.69 Å². The van der Waals surface area contributed by atoms with E-state index in [2.05, 4.69) is 0 Å². The van der Waals surface area contributed by atoms with Crippen LogP contribution in [0.4, 0.5) is 20.6 Å². The minimum absolute atomic E-state index is 0.317. The molecule has 1 aromatic carbocycles. The van der Waals surface area contributed by atoms with E-state index in [1.54, 1.807) is 5.32 Å². The largest absolute Gasteiger partial charge is 0.465 e. The van der Waals surface area contributed by atoms with Crippen LogP contribution in [0.2, 0.25) is 0 Å². The van der Waals surface area contributed by atoms with Gasteiger partial charge in [-0.15, -0.1) is 0 Å². The lowest BCUT2D eigenvalue weighted by Crippen LogP contribution is -2.08. The van der Waals surface area contributed by atoms with Crippen LogP contribution in [-0.2, 0) is 0 Å². The van der Waals surface area contributed by atoms with E-state index in [9.17, 15) is 19.3 Å². The summed E-state index contributed by atoms with van der Waals surface area (Å²) >= 11 is 0. The lowest BCUT2D eigenvalue weighted by Gasteiger charge is -2.01. The third-order valence-corrected chi connectivity index (χ3v) is 1.41. The molecule has 1 aromatic rings. The minimum Gasteiger partial charge on any atom is -0.465 e. The van der Waals surface area contributed by atoms with Crippen molar-refractivity contribution < 1.29 is 19.2 Å². The Bertz CT molecular complexity index is 393. The second-order valence-electron chi connectivity index (χ2n) is 2.35. The molecule has 0 heterocycles. The fourth-order valence-electron chi connectivity index (χ4n) is 0.834. The second kappa shape index (κ2) is 3.69. The zero-order chi connectivity index (χ0) is 10.7. The number of nitrogens with zero attached hydrogens (tertiary/aromatic N) is 1. The summed E-state index contributed by atoms with van der Waals surface area (Å²) in [6.45, 7) is 0. The zero-order valence-corrected chi connectivity index (χ0v) is 6.73. The van der Waals surface area contributed by atoms with Gasteiger partial charge in [-0.3, -0.25) is 15.4 Å². The average molecular weight is 200 g/mol. The number of non-ortho nitro benzene ring substituents is 1. The molecule has 0 aromatic heterocycles. The Morgan fingerprint density at radius 3 is 2.64 bits per heavy atom. The van der Waals surface area contributed by atoms with Crippen molar-refractivity contribution in [1.82, 2.24) is 0 Å². The number of halogens is 1. The van der Waals surface area contributed by atoms with Crippen molar-refractivity contribution in [3.8, 4) is 0 Å². The highest BCUT2D eigenvalue weighted by atomic mass is 19.1. The molecule has 0 radical (unpaired) electrons. The fourth-order valence-corrected chi connectivity index (χ4v) is 0.834. The molecule has 0 aliphatic rings. The van der Waals surface area contributed by atoms with Crippen molar-refractivity contribution in [2.24, 2.45) is 0 Å². The third-order valence-electron chi connectivity index (χ3n) is 1.41. The molecule has 74 valence electrons. The Labute approximate surface area is 77.1 Å². The van der Waals surface area contributed by atoms with Crippen LogP contribution in [0.5, 0.6) is 0 Å². The van der Waals surface area contributed by atoms with E-state index in [1.165, 1.54) is 0 Å². The number of amides is 1. The van der Waals surface area contributed by atoms with Crippen molar-refractivity contribution in [2.45, 2.75) is 0 Å². The molecule has 0 saturated heterocycles. The Morgan fingerprint density at radius 1 is 1.57 bits per heavy atom. The molecular weight excluding hydrogens is 195 g/mol. The van der Waals surface area contributed by atoms with E-state index >= 15 is 0 Å². The number of anilines is 1. The summed E-state index contributed by atoms with van der Waals surface area (Å²) in [5.74, 6) is -0.985. The van der Waals surface area contributed by atoms with Gasteiger partial charge < -0.3 is 5.11 Å². The van der Waals surface area contributed by atoms with E-state index < -0.39 is 22.5 Å². The standard InChI is InChI=1S/C7H5FN2O4/c8-5-3-4(10(13)14)1-2-6(5)9-7(11)12/h1-3,9H,(H,11,12). The first-order valence-corrected chi connectivity index (χ1v) is 3.44. The highest BCUT2D eigenvalue weighted by Gasteiger charge is 2.11. The monoisotopic (exact) mass is 200 g/mol. The van der Waals surface area contributed by atoms with Gasteiger partial charge in [0.1, 0.15) is 0 Å². The number of nitro benzene ring substituents is 1. The summed E-state index contributed by atoms with van der Waals surface area (Å²) in [6, 6.07) is 2.64. The Kier molecular flexibility index (Phi) is 2.61. The number of hydrogen-bond donors (Lipinski definition) is 2. The molecule has 2 N–H and O–H groups in total. The summed E-state index contributed by atoms with van der Waals surface area (Å²) in [5.41, 5.74) is -0.749. The lowest BCUT2D eigenvalue weighted by atomic mass is 10.2. The molecule has 6 nitrogen and oxygen atoms in total. The van der Waals surface area contributed by atoms with Crippen molar-refractivity contribution >= 4 is 17.5 Å². The molecule has 0 aliphatic heterocycles. The zero-order valence-electron chi connectivity index (χ0n) is 6.73. The molecule has 1 rings (SSSR count). The van der Waals surface area contributed by atoms with Crippen molar-refractivity contribution in [3.05, 3.63) is 34.1 Å². The SMILES string of the molecule is O=C(O)Nc1ccc([N+](=O)[O-])cc1F. The highest BCUT2D eigenvalue weighted by Crippen LogP contribution is 2.20. The van der Waals surface area contributed by atoms with Crippen LogP contribution in [0.15, 0.2) is 18.2 Å². The predicted octanol–water partition coefficient (Wildman–Crippen LogP) is 1.82. The van der Waals surface area contributed by atoms with E-state index in [0.29, 0.717) is 6.07 Å². The van der Waals surface area contributed by atoms with Gasteiger partial charge in [0.15, 0.2) is 5.82 Å². The third kappa shape index (κ3) is 2.16. The fraction of sp³-hybridized carbons (Fsp3) is 0. The van der Waals surface area contributed by atoms with Gasteiger partial charge in [0.05, 0.1) is 16.7 Å². The predicted molar refractivity (Wildman–Crippen MR) is 44.7 cm³/mol. The average Bonchev–Trinajstić information content (AvgIpc) is 2.07. The first-order valence-electron chi connectivity index (χ1n) is 3.44. The van der Waals surface area contributed by atoms with Crippen LogP contribution in [0.25, 0.3) is 0 Å². The van der Waals surface area contributed by atoms with Crippen LogP contribution in [-0.4, -0.2) is 16.1 Å². The van der Waals surface area contributed by atoms with Crippen LogP contribution in [0.3, 0.4) is 0 Å². The van der Waals surface area contributed by atoms with Gasteiger partial charge in [0.2, 0.25) is 0 Å². The van der Waals surface area contributed by atoms with Gasteiger partial charge in [-0.1, -0.05) is 0 Å². The van der Waals surface area contributed by atoms with E-state index in [4.69, 9.17) is 5.11 Å². The lowest BCUT2D eigenvalue weighted by molar-refractivity contribution is -0.385. The Balaban J connectivity index is 3.01. The Hall–Kier alpha value is -2.18. The molecule has 0 bridgehead atoms. The van der Waals surface area contributed by atoms with E-state index in [1.807, 2.05) is 0 Å². The first-order chi connectivity index (χ1) is 6.50. The van der Waals surface area contributed by atoms with Gasteiger partial charge in [-0.25, -0.2) is 9.18 Å². The van der Waals surface area contributed by atoms with Crippen LogP contribution in [0.1, 0.15) is 0 Å². The number of hydrogen-bond acceptors (Lipinski definition) is 3. The van der Waals surface area contributed by atoms with Gasteiger partial charge in [0, 0.05) is 6.07 Å². The summed E-state index contributed by atoms with van der Waals surface area (Å²) < 4.78 is 12.9. The van der Waals surface area contributed by atoms with Crippen LogP contribution in [0, 0.1) is 15.9 Å². The molecule has 0 atom stereocenters. The van der Waals surface area contributed by atoms with E-state index in [0.717, 1.165) is 12.1 Å². The number of nitro groups is 1. The maximum absolute atomic E-state index is 12.9. The summed E-state index contributed by atoms with van der Waals surface area (Å²) in [6.07, 6.45) is -1.43. The number of carbonyl (C=O) groups is 1. The van der Waals surface area contributed by atoms with Crippen molar-refractivity contribution in [2.75, 3.05) is 5.32 Å². The molecule has 1 amide bonds. The van der Waals surface area contributed by atoms with Gasteiger partial charge >= 0.3 is 6.09 Å². The Morgan fingerprint density at radius 2 is 2.21 bits per heavy atom. The molecule has 7 heteroatoms. The van der Waals surface area contributed by atoms with Gasteiger partial charge in [0.25, 0.3) is 5.69 Å². The second-order valence-corrected chi connectivity index (χ2v) is 2.35. The molecule has 0 fully saturated rings. The number of carboxylic acid groups (broad SMARTS) is 1. The van der Waals surface area contributed by atoms with Crippen LogP contribution >= 0.6 is 0 Å². The summed E-state index contributed by atoms with van der Waals surface area (Å²) in [4.78, 5) is 19.5. The molecule has 0 saturated carbocycles. The molecule has 0 spiro atoms. The topological polar surface area (TPSA) is 92.5 Å². The van der Waals surface area contributed by atoms with Gasteiger partial charge in [-0.2, -0.15) is 0 Å².